The number of benzene rings is 1. The van der Waals surface area contributed by atoms with Gasteiger partial charge in [0.25, 0.3) is 0 Å². The normalized spacial score (nSPS) is 11.4. The van der Waals surface area contributed by atoms with E-state index in [0.717, 1.165) is 11.3 Å². The lowest BCUT2D eigenvalue weighted by molar-refractivity contribution is 0.355. The van der Waals surface area contributed by atoms with Gasteiger partial charge in [0.2, 0.25) is 0 Å². The van der Waals surface area contributed by atoms with E-state index < -0.39 is 0 Å². The highest BCUT2D eigenvalue weighted by Gasteiger charge is 2.13. The second-order valence-corrected chi connectivity index (χ2v) is 5.70. The van der Waals surface area contributed by atoms with Gasteiger partial charge in [-0.15, -0.1) is 0 Å². The minimum Gasteiger partial charge on any atom is -0.504 e. The van der Waals surface area contributed by atoms with Gasteiger partial charge in [-0.05, 0) is 32.9 Å². The van der Waals surface area contributed by atoms with Crippen LogP contribution in [0.3, 0.4) is 0 Å². The van der Waals surface area contributed by atoms with E-state index >= 15 is 0 Å². The number of phenols is 1. The van der Waals surface area contributed by atoms with Gasteiger partial charge in [-0.3, -0.25) is 4.68 Å². The van der Waals surface area contributed by atoms with E-state index in [4.69, 9.17) is 4.74 Å². The summed E-state index contributed by atoms with van der Waals surface area (Å²) in [5.74, 6) is 0.596. The molecule has 1 aromatic heterocycles. The van der Waals surface area contributed by atoms with E-state index in [0.29, 0.717) is 12.3 Å². The Kier molecular flexibility index (Phi) is 3.88. The first kappa shape index (κ1) is 14.2. The van der Waals surface area contributed by atoms with E-state index in [-0.39, 0.29) is 11.3 Å². The predicted octanol–water partition coefficient (Wildman–Crippen LogP) is 2.96. The molecule has 0 fully saturated rings. The number of hydrogen-bond donors (Lipinski definition) is 2. The molecule has 0 saturated heterocycles. The molecule has 0 bridgehead atoms. The average Bonchev–Trinajstić information content (AvgIpc) is 2.85. The Morgan fingerprint density at radius 3 is 2.65 bits per heavy atom. The van der Waals surface area contributed by atoms with Crippen LogP contribution in [0, 0.1) is 0 Å². The van der Waals surface area contributed by atoms with E-state index in [1.165, 1.54) is 7.11 Å². The lowest BCUT2D eigenvalue weighted by atomic mass is 10.1. The van der Waals surface area contributed by atoms with E-state index in [2.05, 4.69) is 31.2 Å². The maximum Gasteiger partial charge on any atom is 0.160 e. The molecule has 0 aliphatic carbocycles. The minimum atomic E-state index is -0.0172. The Hall–Kier alpha value is -2.17. The summed E-state index contributed by atoms with van der Waals surface area (Å²) in [5.41, 5.74) is 1.92. The molecule has 0 aliphatic heterocycles. The van der Waals surface area contributed by atoms with Crippen LogP contribution in [0.25, 0.3) is 0 Å². The summed E-state index contributed by atoms with van der Waals surface area (Å²) >= 11 is 0. The average molecular weight is 275 g/mol. The monoisotopic (exact) mass is 275 g/mol. The molecule has 0 aliphatic rings. The number of ether oxygens (including phenoxy) is 1. The smallest absolute Gasteiger partial charge is 0.160 e. The van der Waals surface area contributed by atoms with Crippen LogP contribution < -0.4 is 10.1 Å². The largest absolute Gasteiger partial charge is 0.504 e. The quantitative estimate of drug-likeness (QED) is 0.900. The van der Waals surface area contributed by atoms with Crippen molar-refractivity contribution >= 4 is 5.69 Å². The maximum atomic E-state index is 9.72. The molecule has 0 saturated carbocycles. The molecule has 2 rings (SSSR count). The van der Waals surface area contributed by atoms with Crippen molar-refractivity contribution in [3.8, 4) is 11.5 Å². The van der Waals surface area contributed by atoms with E-state index in [9.17, 15) is 5.11 Å². The fraction of sp³-hybridized carbons (Fsp3) is 0.400. The second kappa shape index (κ2) is 5.45. The molecule has 0 radical (unpaired) electrons. The van der Waals surface area contributed by atoms with Gasteiger partial charge in [0.15, 0.2) is 11.5 Å². The van der Waals surface area contributed by atoms with Crippen molar-refractivity contribution in [2.24, 2.45) is 0 Å². The first-order valence-corrected chi connectivity index (χ1v) is 6.55. The summed E-state index contributed by atoms with van der Waals surface area (Å²) in [6.07, 6.45) is 3.87. The van der Waals surface area contributed by atoms with Gasteiger partial charge in [0.1, 0.15) is 0 Å². The Morgan fingerprint density at radius 1 is 1.35 bits per heavy atom. The predicted molar refractivity (Wildman–Crippen MR) is 79.2 cm³/mol. The molecular weight excluding hydrogens is 254 g/mol. The van der Waals surface area contributed by atoms with Crippen LogP contribution >= 0.6 is 0 Å². The Labute approximate surface area is 119 Å². The summed E-state index contributed by atoms with van der Waals surface area (Å²) in [6, 6.07) is 5.25. The van der Waals surface area contributed by atoms with Crippen LogP contribution in [0.15, 0.2) is 30.6 Å². The number of hydrogen-bond acceptors (Lipinski definition) is 4. The summed E-state index contributed by atoms with van der Waals surface area (Å²) in [5, 5.41) is 17.3. The number of nitrogens with one attached hydrogen (secondary N) is 1. The fourth-order valence-electron chi connectivity index (χ4n) is 1.82. The zero-order chi connectivity index (χ0) is 14.8. The van der Waals surface area contributed by atoms with Crippen LogP contribution in [0.4, 0.5) is 5.69 Å². The Balaban J connectivity index is 2.02. The molecule has 2 aromatic rings. The van der Waals surface area contributed by atoms with Crippen LogP contribution in [0.2, 0.25) is 0 Å². The number of anilines is 1. The maximum absolute atomic E-state index is 9.72. The van der Waals surface area contributed by atoms with Crippen LogP contribution in [0.5, 0.6) is 11.5 Å². The molecule has 108 valence electrons. The van der Waals surface area contributed by atoms with Crippen molar-refractivity contribution in [2.75, 3.05) is 12.4 Å². The number of nitrogens with zero attached hydrogens (tertiary/aromatic N) is 2. The lowest BCUT2D eigenvalue weighted by Crippen LogP contribution is -2.21. The summed E-state index contributed by atoms with van der Waals surface area (Å²) in [4.78, 5) is 0. The van der Waals surface area contributed by atoms with Gasteiger partial charge in [0, 0.05) is 30.1 Å². The zero-order valence-electron chi connectivity index (χ0n) is 12.3. The topological polar surface area (TPSA) is 59.3 Å². The van der Waals surface area contributed by atoms with E-state index in [1.807, 2.05) is 23.1 Å². The van der Waals surface area contributed by atoms with Gasteiger partial charge in [-0.25, -0.2) is 0 Å². The van der Waals surface area contributed by atoms with Gasteiger partial charge in [-0.1, -0.05) is 0 Å². The molecule has 0 spiro atoms. The van der Waals surface area contributed by atoms with Crippen LogP contribution in [0.1, 0.15) is 26.3 Å². The highest BCUT2D eigenvalue weighted by Crippen LogP contribution is 2.28. The molecule has 5 nitrogen and oxygen atoms in total. The first-order chi connectivity index (χ1) is 9.40. The molecule has 0 amide bonds. The molecule has 0 unspecified atom stereocenters. The number of aromatic hydroxyl groups is 1. The SMILES string of the molecule is COc1ccc(NCc2cnn(C(C)(C)C)c2)cc1O. The third-order valence-electron chi connectivity index (χ3n) is 3.00. The zero-order valence-corrected chi connectivity index (χ0v) is 12.3. The molecule has 2 N–H and O–H groups in total. The molecular formula is C15H21N3O2. The van der Waals surface area contributed by atoms with Crippen molar-refractivity contribution < 1.29 is 9.84 Å². The van der Waals surface area contributed by atoms with Crippen LogP contribution in [-0.2, 0) is 12.1 Å². The van der Waals surface area contributed by atoms with E-state index in [1.54, 1.807) is 12.1 Å². The highest BCUT2D eigenvalue weighted by molar-refractivity contribution is 5.54. The second-order valence-electron chi connectivity index (χ2n) is 5.70. The highest BCUT2D eigenvalue weighted by atomic mass is 16.5. The van der Waals surface area contributed by atoms with Gasteiger partial charge in [0.05, 0.1) is 18.8 Å². The Morgan fingerprint density at radius 2 is 2.10 bits per heavy atom. The van der Waals surface area contributed by atoms with Crippen LogP contribution in [-0.4, -0.2) is 22.0 Å². The summed E-state index contributed by atoms with van der Waals surface area (Å²) in [6.45, 7) is 6.98. The summed E-state index contributed by atoms with van der Waals surface area (Å²) in [7, 11) is 1.53. The third-order valence-corrected chi connectivity index (χ3v) is 3.00. The van der Waals surface area contributed by atoms with Gasteiger partial charge < -0.3 is 15.2 Å². The summed E-state index contributed by atoms with van der Waals surface area (Å²) < 4.78 is 6.95. The van der Waals surface area contributed by atoms with Gasteiger partial charge >= 0.3 is 0 Å². The first-order valence-electron chi connectivity index (χ1n) is 6.55. The number of aromatic nitrogens is 2. The molecule has 1 aromatic carbocycles. The number of methoxy groups -OCH3 is 1. The minimum absolute atomic E-state index is 0.0172. The van der Waals surface area contributed by atoms with Crippen molar-refractivity contribution in [3.63, 3.8) is 0 Å². The van der Waals surface area contributed by atoms with Crippen molar-refractivity contribution in [2.45, 2.75) is 32.9 Å². The molecule has 0 atom stereocenters. The van der Waals surface area contributed by atoms with Crippen molar-refractivity contribution in [3.05, 3.63) is 36.2 Å². The van der Waals surface area contributed by atoms with Gasteiger partial charge in [-0.2, -0.15) is 5.10 Å². The van der Waals surface area contributed by atoms with Crippen molar-refractivity contribution in [1.82, 2.24) is 9.78 Å². The molecule has 5 heteroatoms. The standard InChI is InChI=1S/C15H21N3O2/c1-15(2,3)18-10-11(9-17-18)8-16-12-5-6-14(20-4)13(19)7-12/h5-7,9-10,16,19H,8H2,1-4H3. The lowest BCUT2D eigenvalue weighted by Gasteiger charge is -2.18. The molecule has 20 heavy (non-hydrogen) atoms. The Bertz CT molecular complexity index is 585. The number of rotatable bonds is 4. The molecule has 1 heterocycles. The van der Waals surface area contributed by atoms with Crippen molar-refractivity contribution in [1.29, 1.82) is 0 Å². The number of phenolic OH excluding ortho intramolecular Hbond substituents is 1. The third kappa shape index (κ3) is 3.23. The fourth-order valence-corrected chi connectivity index (χ4v) is 1.82.